The van der Waals surface area contributed by atoms with Crippen molar-refractivity contribution in [2.45, 2.75) is 71.1 Å². The Balaban J connectivity index is 1.74. The summed E-state index contributed by atoms with van der Waals surface area (Å²) in [5.74, 6) is 0.140. The molecular weight excluding hydrogens is 291 g/mol. The minimum atomic E-state index is -0.274. The first-order valence-corrected chi connectivity index (χ1v) is 9.06. The van der Waals surface area contributed by atoms with Crippen LogP contribution in [-0.4, -0.2) is 23.7 Å². The molecule has 23 heavy (non-hydrogen) atoms. The van der Waals surface area contributed by atoms with Crippen molar-refractivity contribution in [3.63, 3.8) is 0 Å². The first-order valence-electron chi connectivity index (χ1n) is 9.06. The molecule has 1 spiro atoms. The van der Waals surface area contributed by atoms with Crippen molar-refractivity contribution in [1.82, 2.24) is 10.3 Å². The molecule has 4 heteroatoms. The predicted octanol–water partition coefficient (Wildman–Crippen LogP) is 4.25. The number of hydrogen-bond acceptors (Lipinski definition) is 3. The van der Waals surface area contributed by atoms with E-state index in [4.69, 9.17) is 4.74 Å². The monoisotopic (exact) mass is 320 g/mol. The van der Waals surface area contributed by atoms with Crippen molar-refractivity contribution in [2.75, 3.05) is 6.61 Å². The average Bonchev–Trinajstić information content (AvgIpc) is 3.04. The number of nitrogens with one attached hydrogen (secondary N) is 1. The predicted molar refractivity (Wildman–Crippen MR) is 89.6 cm³/mol. The van der Waals surface area contributed by atoms with Gasteiger partial charge in [0.25, 0.3) is 0 Å². The second-order valence-electron chi connectivity index (χ2n) is 7.46. The Morgan fingerprint density at radius 3 is 2.65 bits per heavy atom. The highest BCUT2D eigenvalue weighted by atomic mass is 19.1. The molecule has 0 bridgehead atoms. The van der Waals surface area contributed by atoms with Gasteiger partial charge in [-0.3, -0.25) is 4.98 Å². The van der Waals surface area contributed by atoms with Crippen LogP contribution in [0.1, 0.15) is 64.6 Å². The highest BCUT2D eigenvalue weighted by molar-refractivity contribution is 5.15. The lowest BCUT2D eigenvalue weighted by molar-refractivity contribution is -0.133. The van der Waals surface area contributed by atoms with Gasteiger partial charge in [-0.1, -0.05) is 26.7 Å². The molecule has 2 fully saturated rings. The quantitative estimate of drug-likeness (QED) is 0.851. The van der Waals surface area contributed by atoms with Gasteiger partial charge in [0, 0.05) is 18.1 Å². The van der Waals surface area contributed by atoms with Crippen LogP contribution < -0.4 is 5.32 Å². The highest BCUT2D eigenvalue weighted by Gasteiger charge is 2.57. The fourth-order valence-corrected chi connectivity index (χ4v) is 4.53. The summed E-state index contributed by atoms with van der Waals surface area (Å²) >= 11 is 0. The molecule has 1 aromatic heterocycles. The van der Waals surface area contributed by atoms with Gasteiger partial charge in [-0.25, -0.2) is 4.39 Å². The highest BCUT2D eigenvalue weighted by Crippen LogP contribution is 2.55. The smallest absolute Gasteiger partial charge is 0.141 e. The number of nitrogens with zero attached hydrogens (tertiary/aromatic N) is 1. The van der Waals surface area contributed by atoms with Crippen LogP contribution in [0.3, 0.4) is 0 Å². The normalized spacial score (nSPS) is 27.3. The summed E-state index contributed by atoms with van der Waals surface area (Å²) in [6.07, 6.45) is 7.95. The van der Waals surface area contributed by atoms with Crippen LogP contribution in [0, 0.1) is 17.2 Å². The molecule has 2 aliphatic carbocycles. The van der Waals surface area contributed by atoms with Crippen molar-refractivity contribution in [2.24, 2.45) is 11.3 Å². The Labute approximate surface area is 139 Å². The first-order chi connectivity index (χ1) is 11.1. The molecule has 1 N–H and O–H groups in total. The third-order valence-corrected chi connectivity index (χ3v) is 5.80. The number of halogens is 1. The molecule has 0 saturated heterocycles. The van der Waals surface area contributed by atoms with E-state index >= 15 is 0 Å². The van der Waals surface area contributed by atoms with Crippen LogP contribution in [0.15, 0.2) is 18.3 Å². The molecule has 1 aromatic rings. The maximum Gasteiger partial charge on any atom is 0.141 e. The van der Waals surface area contributed by atoms with Gasteiger partial charge in [-0.2, -0.15) is 0 Å². The Kier molecular flexibility index (Phi) is 5.02. The summed E-state index contributed by atoms with van der Waals surface area (Å²) in [4.78, 5) is 4.31. The fraction of sp³-hybridized carbons (Fsp3) is 0.737. The second-order valence-corrected chi connectivity index (χ2v) is 7.46. The Hall–Kier alpha value is -1.00. The van der Waals surface area contributed by atoms with Crippen molar-refractivity contribution in [3.8, 4) is 0 Å². The molecule has 0 aromatic carbocycles. The van der Waals surface area contributed by atoms with E-state index in [1.165, 1.54) is 37.9 Å². The average molecular weight is 320 g/mol. The molecule has 0 unspecified atom stereocenters. The Morgan fingerprint density at radius 1 is 1.35 bits per heavy atom. The SMILES string of the molecule is CCO[C@@H]1C[C@@H](N[C@@H](c2ccc(F)cn2)C(C)C)C12CCCC2. The van der Waals surface area contributed by atoms with E-state index in [2.05, 4.69) is 31.1 Å². The Morgan fingerprint density at radius 2 is 2.09 bits per heavy atom. The molecule has 0 radical (unpaired) electrons. The van der Waals surface area contributed by atoms with Crippen LogP contribution in [0.5, 0.6) is 0 Å². The molecule has 128 valence electrons. The zero-order valence-electron chi connectivity index (χ0n) is 14.5. The van der Waals surface area contributed by atoms with E-state index in [0.29, 0.717) is 23.5 Å². The zero-order valence-corrected chi connectivity index (χ0v) is 14.5. The topological polar surface area (TPSA) is 34.1 Å². The first kappa shape index (κ1) is 16.8. The number of pyridine rings is 1. The molecule has 3 nitrogen and oxygen atoms in total. The second kappa shape index (κ2) is 6.86. The number of ether oxygens (including phenoxy) is 1. The molecule has 2 aliphatic rings. The summed E-state index contributed by atoms with van der Waals surface area (Å²) in [5, 5.41) is 3.84. The van der Waals surface area contributed by atoms with Gasteiger partial charge in [0.1, 0.15) is 5.82 Å². The van der Waals surface area contributed by atoms with Gasteiger partial charge in [0.05, 0.1) is 24.0 Å². The fourth-order valence-electron chi connectivity index (χ4n) is 4.53. The van der Waals surface area contributed by atoms with E-state index in [9.17, 15) is 4.39 Å². The van der Waals surface area contributed by atoms with Gasteiger partial charge in [0.15, 0.2) is 0 Å². The summed E-state index contributed by atoms with van der Waals surface area (Å²) < 4.78 is 19.2. The lowest BCUT2D eigenvalue weighted by Gasteiger charge is -2.55. The lowest BCUT2D eigenvalue weighted by Crippen LogP contribution is -2.63. The minimum Gasteiger partial charge on any atom is -0.378 e. The van der Waals surface area contributed by atoms with Crippen LogP contribution in [0.25, 0.3) is 0 Å². The summed E-state index contributed by atoms with van der Waals surface area (Å²) in [6, 6.07) is 3.98. The van der Waals surface area contributed by atoms with E-state index in [1.54, 1.807) is 0 Å². The number of hydrogen-bond donors (Lipinski definition) is 1. The molecule has 1 heterocycles. The van der Waals surface area contributed by atoms with Gasteiger partial charge < -0.3 is 10.1 Å². The molecule has 2 saturated carbocycles. The zero-order chi connectivity index (χ0) is 16.4. The largest absolute Gasteiger partial charge is 0.378 e. The molecule has 0 aliphatic heterocycles. The van der Waals surface area contributed by atoms with Crippen molar-refractivity contribution in [1.29, 1.82) is 0 Å². The summed E-state index contributed by atoms with van der Waals surface area (Å²) in [5.41, 5.74) is 1.25. The maximum absolute atomic E-state index is 13.2. The number of aromatic nitrogens is 1. The molecular formula is C19H29FN2O. The van der Waals surface area contributed by atoms with Gasteiger partial charge in [-0.15, -0.1) is 0 Å². The number of rotatable bonds is 6. The van der Waals surface area contributed by atoms with E-state index in [1.807, 2.05) is 6.07 Å². The lowest BCUT2D eigenvalue weighted by atomic mass is 9.60. The van der Waals surface area contributed by atoms with Crippen LogP contribution >= 0.6 is 0 Å². The van der Waals surface area contributed by atoms with Crippen molar-refractivity contribution in [3.05, 3.63) is 29.8 Å². The van der Waals surface area contributed by atoms with E-state index in [0.717, 1.165) is 18.7 Å². The van der Waals surface area contributed by atoms with Crippen molar-refractivity contribution >= 4 is 0 Å². The standard InChI is InChI=1S/C19H29FN2O/c1-4-23-17-11-16(19(17)9-5-6-10-19)22-18(13(2)3)15-8-7-14(20)12-21-15/h7-8,12-13,16-18,22H,4-6,9-11H2,1-3H3/t16-,17-,18-/m1/s1. The minimum absolute atomic E-state index is 0.167. The van der Waals surface area contributed by atoms with Crippen LogP contribution in [-0.2, 0) is 4.74 Å². The van der Waals surface area contributed by atoms with Crippen LogP contribution in [0.4, 0.5) is 4.39 Å². The Bertz CT molecular complexity index is 511. The van der Waals surface area contributed by atoms with Crippen LogP contribution in [0.2, 0.25) is 0 Å². The van der Waals surface area contributed by atoms with E-state index in [-0.39, 0.29) is 11.9 Å². The third-order valence-electron chi connectivity index (χ3n) is 5.80. The van der Waals surface area contributed by atoms with E-state index < -0.39 is 0 Å². The summed E-state index contributed by atoms with van der Waals surface area (Å²) in [6.45, 7) is 7.28. The molecule has 3 atom stereocenters. The van der Waals surface area contributed by atoms with Gasteiger partial charge in [0.2, 0.25) is 0 Å². The summed E-state index contributed by atoms with van der Waals surface area (Å²) in [7, 11) is 0. The van der Waals surface area contributed by atoms with Gasteiger partial charge >= 0.3 is 0 Å². The molecule has 3 rings (SSSR count). The van der Waals surface area contributed by atoms with Gasteiger partial charge in [-0.05, 0) is 44.2 Å². The van der Waals surface area contributed by atoms with Crippen molar-refractivity contribution < 1.29 is 9.13 Å². The maximum atomic E-state index is 13.2. The molecule has 0 amide bonds. The third kappa shape index (κ3) is 3.16.